The molecule has 0 radical (unpaired) electrons. The van der Waals surface area contributed by atoms with Crippen LogP contribution in [0, 0.1) is 5.92 Å². The molecule has 0 spiro atoms. The van der Waals surface area contributed by atoms with Crippen molar-refractivity contribution in [3.63, 3.8) is 0 Å². The van der Waals surface area contributed by atoms with Gasteiger partial charge in [-0.25, -0.2) is 9.97 Å². The number of fused-ring (bicyclic) bond motifs is 1. The van der Waals surface area contributed by atoms with Crippen LogP contribution in [0.5, 0.6) is 0 Å². The third kappa shape index (κ3) is 2.87. The molecule has 0 unspecified atom stereocenters. The Labute approximate surface area is 136 Å². The van der Waals surface area contributed by atoms with Crippen LogP contribution < -0.4 is 10.2 Å². The zero-order valence-corrected chi connectivity index (χ0v) is 13.3. The van der Waals surface area contributed by atoms with Crippen LogP contribution in [0.3, 0.4) is 0 Å². The summed E-state index contributed by atoms with van der Waals surface area (Å²) in [5, 5.41) is 4.09. The Kier molecular flexibility index (Phi) is 3.85. The fourth-order valence-electron chi connectivity index (χ4n) is 3.39. The van der Waals surface area contributed by atoms with Gasteiger partial charge in [0, 0.05) is 30.1 Å². The van der Waals surface area contributed by atoms with E-state index in [1.54, 1.807) is 6.33 Å². The number of hydrogen-bond acceptors (Lipinski definition) is 4. The van der Waals surface area contributed by atoms with E-state index in [9.17, 15) is 4.79 Å². The molecule has 5 nitrogen and oxygen atoms in total. The third-order valence-electron chi connectivity index (χ3n) is 5.01. The highest BCUT2D eigenvalue weighted by atomic mass is 16.1. The monoisotopic (exact) mass is 310 g/mol. The Bertz CT molecular complexity index is 720. The maximum absolute atomic E-state index is 12.1. The van der Waals surface area contributed by atoms with Crippen LogP contribution in [0.2, 0.25) is 0 Å². The molecule has 1 saturated carbocycles. The van der Waals surface area contributed by atoms with E-state index in [1.165, 1.54) is 25.7 Å². The summed E-state index contributed by atoms with van der Waals surface area (Å²) >= 11 is 0. The van der Waals surface area contributed by atoms with E-state index >= 15 is 0 Å². The number of rotatable bonds is 3. The average molecular weight is 310 g/mol. The van der Waals surface area contributed by atoms with Gasteiger partial charge in [0.25, 0.3) is 0 Å². The first-order valence-corrected chi connectivity index (χ1v) is 8.62. The molecule has 2 aromatic rings. The maximum Gasteiger partial charge on any atom is 0.227 e. The molecule has 0 bridgehead atoms. The van der Waals surface area contributed by atoms with E-state index in [0.717, 1.165) is 48.3 Å². The lowest BCUT2D eigenvalue weighted by Crippen LogP contribution is -2.30. The molecule has 1 amide bonds. The van der Waals surface area contributed by atoms with Crippen molar-refractivity contribution >= 4 is 28.3 Å². The summed E-state index contributed by atoms with van der Waals surface area (Å²) in [7, 11) is 0. The topological polar surface area (TPSA) is 58.1 Å². The average Bonchev–Trinajstić information content (AvgIpc) is 2.53. The van der Waals surface area contributed by atoms with Crippen molar-refractivity contribution in [2.75, 3.05) is 23.3 Å². The van der Waals surface area contributed by atoms with E-state index in [-0.39, 0.29) is 11.8 Å². The highest BCUT2D eigenvalue weighted by Crippen LogP contribution is 2.30. The van der Waals surface area contributed by atoms with Crippen molar-refractivity contribution in [3.8, 4) is 0 Å². The number of benzene rings is 1. The minimum Gasteiger partial charge on any atom is -0.356 e. The van der Waals surface area contributed by atoms with Gasteiger partial charge in [-0.2, -0.15) is 0 Å². The van der Waals surface area contributed by atoms with Gasteiger partial charge in [0.2, 0.25) is 5.91 Å². The summed E-state index contributed by atoms with van der Waals surface area (Å²) in [5.74, 6) is 1.35. The number of piperidine rings is 1. The molecule has 1 N–H and O–H groups in total. The van der Waals surface area contributed by atoms with Crippen LogP contribution in [0.25, 0.3) is 10.9 Å². The highest BCUT2D eigenvalue weighted by Gasteiger charge is 2.25. The van der Waals surface area contributed by atoms with Gasteiger partial charge in [0.05, 0.1) is 5.52 Å². The SMILES string of the molecule is O=C(Nc1ccc2c(N3CCCCC3)ncnc2c1)C1CCC1. The first kappa shape index (κ1) is 14.4. The maximum atomic E-state index is 12.1. The molecule has 1 aliphatic carbocycles. The van der Waals surface area contributed by atoms with Gasteiger partial charge >= 0.3 is 0 Å². The summed E-state index contributed by atoms with van der Waals surface area (Å²) in [6.07, 6.45) is 8.58. The zero-order chi connectivity index (χ0) is 15.6. The molecule has 23 heavy (non-hydrogen) atoms. The lowest BCUT2D eigenvalue weighted by molar-refractivity contribution is -0.122. The molecule has 1 aromatic heterocycles. The van der Waals surface area contributed by atoms with E-state index in [0.29, 0.717) is 0 Å². The van der Waals surface area contributed by atoms with Gasteiger partial charge in [-0.3, -0.25) is 4.79 Å². The van der Waals surface area contributed by atoms with Gasteiger partial charge in [-0.15, -0.1) is 0 Å². The second kappa shape index (κ2) is 6.14. The van der Waals surface area contributed by atoms with Gasteiger partial charge in [-0.1, -0.05) is 6.42 Å². The fourth-order valence-corrected chi connectivity index (χ4v) is 3.39. The van der Waals surface area contributed by atoms with Crippen LogP contribution in [0.1, 0.15) is 38.5 Å². The van der Waals surface area contributed by atoms with Crippen molar-refractivity contribution in [3.05, 3.63) is 24.5 Å². The van der Waals surface area contributed by atoms with Crippen LogP contribution in [0.15, 0.2) is 24.5 Å². The number of carbonyl (C=O) groups excluding carboxylic acids is 1. The number of nitrogens with one attached hydrogen (secondary N) is 1. The van der Waals surface area contributed by atoms with Gasteiger partial charge in [0.15, 0.2) is 0 Å². The Morgan fingerprint density at radius 2 is 1.91 bits per heavy atom. The molecule has 2 fully saturated rings. The summed E-state index contributed by atoms with van der Waals surface area (Å²) in [5.41, 5.74) is 1.73. The quantitative estimate of drug-likeness (QED) is 0.944. The number of amides is 1. The van der Waals surface area contributed by atoms with Crippen molar-refractivity contribution in [2.24, 2.45) is 5.92 Å². The van der Waals surface area contributed by atoms with Crippen LogP contribution in [-0.4, -0.2) is 29.0 Å². The Morgan fingerprint density at radius 1 is 1.09 bits per heavy atom. The fraction of sp³-hybridized carbons (Fsp3) is 0.500. The first-order valence-electron chi connectivity index (χ1n) is 8.62. The molecule has 0 atom stereocenters. The first-order chi connectivity index (χ1) is 11.3. The Balaban J connectivity index is 1.60. The highest BCUT2D eigenvalue weighted by molar-refractivity contribution is 5.97. The second-order valence-electron chi connectivity index (χ2n) is 6.59. The minimum atomic E-state index is 0.140. The number of aromatic nitrogens is 2. The van der Waals surface area contributed by atoms with Crippen molar-refractivity contribution in [1.29, 1.82) is 0 Å². The Morgan fingerprint density at radius 3 is 2.65 bits per heavy atom. The molecule has 5 heteroatoms. The minimum absolute atomic E-state index is 0.140. The molecule has 1 saturated heterocycles. The summed E-state index contributed by atoms with van der Waals surface area (Å²) in [6.45, 7) is 2.12. The largest absolute Gasteiger partial charge is 0.356 e. The predicted molar refractivity (Wildman–Crippen MR) is 91.6 cm³/mol. The van der Waals surface area contributed by atoms with Crippen LogP contribution in [0.4, 0.5) is 11.5 Å². The molecular formula is C18H22N4O. The van der Waals surface area contributed by atoms with Gasteiger partial charge < -0.3 is 10.2 Å². The van der Waals surface area contributed by atoms with Gasteiger partial charge in [-0.05, 0) is 50.3 Å². The molecular weight excluding hydrogens is 288 g/mol. The van der Waals surface area contributed by atoms with Crippen molar-refractivity contribution in [1.82, 2.24) is 9.97 Å². The van der Waals surface area contributed by atoms with Crippen molar-refractivity contribution in [2.45, 2.75) is 38.5 Å². The lowest BCUT2D eigenvalue weighted by Gasteiger charge is -2.28. The summed E-state index contributed by atoms with van der Waals surface area (Å²) in [4.78, 5) is 23.3. The van der Waals surface area contributed by atoms with Crippen LogP contribution >= 0.6 is 0 Å². The number of nitrogens with zero attached hydrogens (tertiary/aromatic N) is 3. The molecule has 4 rings (SSSR count). The summed E-state index contributed by atoms with van der Waals surface area (Å²) < 4.78 is 0. The normalized spacial score (nSPS) is 18.7. The molecule has 1 aromatic carbocycles. The number of hydrogen-bond donors (Lipinski definition) is 1. The molecule has 2 heterocycles. The molecule has 1 aliphatic heterocycles. The zero-order valence-electron chi connectivity index (χ0n) is 13.3. The van der Waals surface area contributed by atoms with E-state index in [1.807, 2.05) is 18.2 Å². The predicted octanol–water partition coefficient (Wildman–Crippen LogP) is 3.36. The lowest BCUT2D eigenvalue weighted by atomic mass is 9.85. The Hall–Kier alpha value is -2.17. The summed E-state index contributed by atoms with van der Waals surface area (Å²) in [6, 6.07) is 5.96. The van der Waals surface area contributed by atoms with E-state index in [2.05, 4.69) is 20.2 Å². The van der Waals surface area contributed by atoms with Gasteiger partial charge in [0.1, 0.15) is 12.1 Å². The van der Waals surface area contributed by atoms with Crippen molar-refractivity contribution < 1.29 is 4.79 Å². The third-order valence-corrected chi connectivity index (χ3v) is 5.01. The molecule has 120 valence electrons. The van der Waals surface area contributed by atoms with E-state index < -0.39 is 0 Å². The standard InChI is InChI=1S/C18H22N4O/c23-18(13-5-4-6-13)21-14-7-8-15-16(11-14)19-12-20-17(15)22-9-2-1-3-10-22/h7-8,11-13H,1-6,9-10H2,(H,21,23). The smallest absolute Gasteiger partial charge is 0.227 e. The van der Waals surface area contributed by atoms with Crippen LogP contribution in [-0.2, 0) is 4.79 Å². The van der Waals surface area contributed by atoms with E-state index in [4.69, 9.17) is 0 Å². The second-order valence-corrected chi connectivity index (χ2v) is 6.59. The molecule has 2 aliphatic rings. The number of carbonyl (C=O) groups is 1. The number of anilines is 2.